The highest BCUT2D eigenvalue weighted by atomic mass is 16.5. The maximum absolute atomic E-state index is 5.92. The number of morpholine rings is 1. The molecule has 92 valence electrons. The Labute approximate surface area is 98.5 Å². The number of hydrogen-bond acceptors (Lipinski definition) is 3. The van der Waals surface area contributed by atoms with Gasteiger partial charge >= 0.3 is 0 Å². The molecule has 0 aromatic rings. The first-order valence-electron chi connectivity index (χ1n) is 6.99. The Hall–Kier alpha value is -0.120. The molecule has 3 nitrogen and oxygen atoms in total. The van der Waals surface area contributed by atoms with E-state index in [2.05, 4.69) is 17.1 Å². The van der Waals surface area contributed by atoms with Crippen molar-refractivity contribution in [3.05, 3.63) is 0 Å². The molecule has 0 aromatic heterocycles. The van der Waals surface area contributed by atoms with Gasteiger partial charge in [-0.1, -0.05) is 13.3 Å². The molecular formula is C13H24N2O. The molecule has 0 radical (unpaired) electrons. The van der Waals surface area contributed by atoms with Crippen LogP contribution in [0.2, 0.25) is 0 Å². The molecule has 2 bridgehead atoms. The Balaban J connectivity index is 1.63. The first kappa shape index (κ1) is 11.0. The number of likely N-dealkylation sites (tertiary alicyclic amines) is 1. The van der Waals surface area contributed by atoms with Crippen molar-refractivity contribution >= 4 is 0 Å². The highest BCUT2D eigenvalue weighted by Gasteiger charge is 2.40. The monoisotopic (exact) mass is 224 g/mol. The van der Waals surface area contributed by atoms with Crippen molar-refractivity contribution in [3.63, 3.8) is 0 Å². The van der Waals surface area contributed by atoms with Crippen LogP contribution < -0.4 is 5.32 Å². The van der Waals surface area contributed by atoms with Crippen LogP contribution in [0.1, 0.15) is 39.0 Å². The van der Waals surface area contributed by atoms with Crippen molar-refractivity contribution in [2.45, 2.75) is 63.3 Å². The van der Waals surface area contributed by atoms with E-state index in [1.54, 1.807) is 0 Å². The highest BCUT2D eigenvalue weighted by molar-refractivity contribution is 4.95. The first-order chi connectivity index (χ1) is 7.86. The number of nitrogens with one attached hydrogen (secondary N) is 1. The van der Waals surface area contributed by atoms with E-state index in [0.717, 1.165) is 18.6 Å². The average Bonchev–Trinajstić information content (AvgIpc) is 2.86. The lowest BCUT2D eigenvalue weighted by Gasteiger charge is -2.39. The van der Waals surface area contributed by atoms with Gasteiger partial charge in [-0.25, -0.2) is 0 Å². The van der Waals surface area contributed by atoms with Crippen molar-refractivity contribution in [1.29, 1.82) is 0 Å². The third-order valence-corrected chi connectivity index (χ3v) is 4.49. The molecule has 3 rings (SSSR count). The Morgan fingerprint density at radius 1 is 1.12 bits per heavy atom. The molecule has 2 saturated heterocycles. The van der Waals surface area contributed by atoms with Gasteiger partial charge in [-0.3, -0.25) is 4.90 Å². The number of likely N-dealkylation sites (N-methyl/N-ethyl adjacent to an activating group) is 1. The van der Waals surface area contributed by atoms with Crippen LogP contribution in [0.15, 0.2) is 0 Å². The van der Waals surface area contributed by atoms with Crippen LogP contribution in [-0.4, -0.2) is 48.8 Å². The zero-order chi connectivity index (χ0) is 11.0. The summed E-state index contributed by atoms with van der Waals surface area (Å²) in [4.78, 5) is 2.71. The summed E-state index contributed by atoms with van der Waals surface area (Å²) in [6.45, 7) is 5.70. The summed E-state index contributed by atoms with van der Waals surface area (Å²) in [6, 6.07) is 1.52. The normalized spacial score (nSPS) is 44.1. The molecule has 4 unspecified atom stereocenters. The van der Waals surface area contributed by atoms with Crippen molar-refractivity contribution in [3.8, 4) is 0 Å². The quantitative estimate of drug-likeness (QED) is 0.784. The van der Waals surface area contributed by atoms with Gasteiger partial charge in [0.05, 0.1) is 12.2 Å². The fourth-order valence-electron chi connectivity index (χ4n) is 3.79. The number of rotatable bonds is 3. The minimum atomic E-state index is 0.543. The largest absolute Gasteiger partial charge is 0.372 e. The number of ether oxygens (including phenoxy) is 1. The van der Waals surface area contributed by atoms with E-state index < -0.39 is 0 Å². The first-order valence-corrected chi connectivity index (χ1v) is 6.99. The van der Waals surface area contributed by atoms with Crippen LogP contribution >= 0.6 is 0 Å². The predicted octanol–water partition coefficient (Wildman–Crippen LogP) is 1.38. The van der Waals surface area contributed by atoms with Crippen molar-refractivity contribution in [1.82, 2.24) is 10.2 Å². The van der Waals surface area contributed by atoms with Crippen LogP contribution in [0, 0.1) is 0 Å². The molecule has 2 heterocycles. The summed E-state index contributed by atoms with van der Waals surface area (Å²) in [5, 5.41) is 3.66. The van der Waals surface area contributed by atoms with Gasteiger partial charge in [0.15, 0.2) is 0 Å². The average molecular weight is 224 g/mol. The molecule has 3 aliphatic rings. The third-order valence-electron chi connectivity index (χ3n) is 4.49. The van der Waals surface area contributed by atoms with Crippen LogP contribution in [0.3, 0.4) is 0 Å². The molecule has 0 spiro atoms. The SMILES string of the molecule is CCNC1CCCC1N1CC2CCC(C1)O2. The molecule has 2 aliphatic heterocycles. The van der Waals surface area contributed by atoms with Crippen LogP contribution in [-0.2, 0) is 4.74 Å². The summed E-state index contributed by atoms with van der Waals surface area (Å²) in [6.07, 6.45) is 7.82. The second-order valence-electron chi connectivity index (χ2n) is 5.57. The lowest BCUT2D eigenvalue weighted by atomic mass is 10.1. The van der Waals surface area contributed by atoms with Gasteiger partial charge in [0.25, 0.3) is 0 Å². The predicted molar refractivity (Wildman–Crippen MR) is 64.6 cm³/mol. The topological polar surface area (TPSA) is 24.5 Å². The fraction of sp³-hybridized carbons (Fsp3) is 1.00. The van der Waals surface area contributed by atoms with Gasteiger partial charge in [0, 0.05) is 25.2 Å². The summed E-state index contributed by atoms with van der Waals surface area (Å²) in [5.41, 5.74) is 0. The molecular weight excluding hydrogens is 200 g/mol. The molecule has 16 heavy (non-hydrogen) atoms. The van der Waals surface area contributed by atoms with Crippen molar-refractivity contribution < 1.29 is 4.74 Å². The van der Waals surface area contributed by atoms with Gasteiger partial charge in [0.2, 0.25) is 0 Å². The number of hydrogen-bond donors (Lipinski definition) is 1. The second kappa shape index (κ2) is 4.63. The maximum Gasteiger partial charge on any atom is 0.0707 e. The Morgan fingerprint density at radius 3 is 2.56 bits per heavy atom. The van der Waals surface area contributed by atoms with Gasteiger partial charge in [-0.15, -0.1) is 0 Å². The zero-order valence-corrected chi connectivity index (χ0v) is 10.3. The molecule has 1 aliphatic carbocycles. The Morgan fingerprint density at radius 2 is 1.88 bits per heavy atom. The van der Waals surface area contributed by atoms with Gasteiger partial charge < -0.3 is 10.1 Å². The summed E-state index contributed by atoms with van der Waals surface area (Å²) < 4.78 is 5.92. The van der Waals surface area contributed by atoms with Gasteiger partial charge in [-0.05, 0) is 32.2 Å². The van der Waals surface area contributed by atoms with Crippen LogP contribution in [0.25, 0.3) is 0 Å². The van der Waals surface area contributed by atoms with E-state index in [0.29, 0.717) is 12.2 Å². The molecule has 0 amide bonds. The lowest BCUT2D eigenvalue weighted by molar-refractivity contribution is -0.0548. The Kier molecular flexibility index (Phi) is 3.18. The van der Waals surface area contributed by atoms with E-state index >= 15 is 0 Å². The molecule has 4 atom stereocenters. The fourth-order valence-corrected chi connectivity index (χ4v) is 3.79. The molecule has 3 fully saturated rings. The molecule has 1 N–H and O–H groups in total. The van der Waals surface area contributed by atoms with E-state index in [4.69, 9.17) is 4.74 Å². The van der Waals surface area contributed by atoms with E-state index in [1.165, 1.54) is 45.2 Å². The minimum Gasteiger partial charge on any atom is -0.372 e. The van der Waals surface area contributed by atoms with E-state index in [9.17, 15) is 0 Å². The van der Waals surface area contributed by atoms with Gasteiger partial charge in [0.1, 0.15) is 0 Å². The van der Waals surface area contributed by atoms with Crippen LogP contribution in [0.5, 0.6) is 0 Å². The lowest BCUT2D eigenvalue weighted by Crippen LogP contribution is -2.53. The summed E-state index contributed by atoms with van der Waals surface area (Å²) >= 11 is 0. The van der Waals surface area contributed by atoms with Gasteiger partial charge in [-0.2, -0.15) is 0 Å². The third kappa shape index (κ3) is 2.01. The number of fused-ring (bicyclic) bond motifs is 2. The Bertz CT molecular complexity index is 234. The van der Waals surface area contributed by atoms with Crippen molar-refractivity contribution in [2.75, 3.05) is 19.6 Å². The van der Waals surface area contributed by atoms with E-state index in [-0.39, 0.29) is 0 Å². The molecule has 1 saturated carbocycles. The summed E-state index contributed by atoms with van der Waals surface area (Å²) in [5.74, 6) is 0. The highest BCUT2D eigenvalue weighted by Crippen LogP contribution is 2.32. The minimum absolute atomic E-state index is 0.543. The standard InChI is InChI=1S/C13H24N2O/c1-2-14-12-4-3-5-13(12)15-8-10-6-7-11(9-15)16-10/h10-14H,2-9H2,1H3. The number of nitrogens with zero attached hydrogens (tertiary/aromatic N) is 1. The molecule has 0 aromatic carbocycles. The second-order valence-corrected chi connectivity index (χ2v) is 5.57. The zero-order valence-electron chi connectivity index (χ0n) is 10.3. The summed E-state index contributed by atoms with van der Waals surface area (Å²) in [7, 11) is 0. The molecule has 3 heteroatoms. The maximum atomic E-state index is 5.92. The van der Waals surface area contributed by atoms with Crippen molar-refractivity contribution in [2.24, 2.45) is 0 Å². The smallest absolute Gasteiger partial charge is 0.0707 e. The van der Waals surface area contributed by atoms with Crippen LogP contribution in [0.4, 0.5) is 0 Å². The van der Waals surface area contributed by atoms with E-state index in [1.807, 2.05) is 0 Å².